The molecule has 1 saturated heterocycles. The first-order chi connectivity index (χ1) is 11.3. The minimum absolute atomic E-state index is 0.729. The van der Waals surface area contributed by atoms with Gasteiger partial charge in [-0.2, -0.15) is 5.10 Å². The summed E-state index contributed by atoms with van der Waals surface area (Å²) >= 11 is 3.58. The number of nitrogens with zero attached hydrogens (tertiary/aromatic N) is 3. The molecule has 1 fully saturated rings. The Morgan fingerprint density at radius 3 is 2.57 bits per heavy atom. The zero-order valence-corrected chi connectivity index (χ0v) is 15.3. The number of hydrogen-bond acceptors (Lipinski definition) is 3. The number of aromatic nitrogens is 2. The van der Waals surface area contributed by atoms with Gasteiger partial charge in [-0.05, 0) is 54.0 Å². The van der Waals surface area contributed by atoms with Crippen LogP contribution >= 0.6 is 15.9 Å². The van der Waals surface area contributed by atoms with E-state index in [4.69, 9.17) is 4.74 Å². The molecule has 0 aliphatic carbocycles. The normalized spacial score (nSPS) is 16.3. The summed E-state index contributed by atoms with van der Waals surface area (Å²) in [6.07, 6.45) is 7.20. The van der Waals surface area contributed by atoms with Gasteiger partial charge < -0.3 is 4.74 Å². The van der Waals surface area contributed by atoms with Crippen LogP contribution < -0.4 is 4.74 Å². The number of likely N-dealkylation sites (tertiary alicyclic amines) is 1. The van der Waals surface area contributed by atoms with E-state index in [1.54, 1.807) is 0 Å². The molecule has 4 nitrogen and oxygen atoms in total. The van der Waals surface area contributed by atoms with Crippen LogP contribution in [0.1, 0.15) is 25.7 Å². The van der Waals surface area contributed by atoms with Crippen molar-refractivity contribution in [3.8, 4) is 17.0 Å². The van der Waals surface area contributed by atoms with Gasteiger partial charge in [-0.25, -0.2) is 0 Å². The van der Waals surface area contributed by atoms with Crippen molar-refractivity contribution in [3.05, 3.63) is 34.9 Å². The highest BCUT2D eigenvalue weighted by Crippen LogP contribution is 2.34. The quantitative estimate of drug-likeness (QED) is 0.785. The fraction of sp³-hybridized carbons (Fsp3) is 0.500. The van der Waals surface area contributed by atoms with Crippen LogP contribution in [0.5, 0.6) is 5.75 Å². The van der Waals surface area contributed by atoms with Gasteiger partial charge in [0.2, 0.25) is 0 Å². The highest BCUT2D eigenvalue weighted by atomic mass is 79.9. The molecule has 0 amide bonds. The molecule has 2 aromatic rings. The van der Waals surface area contributed by atoms with Crippen LogP contribution in [0.2, 0.25) is 0 Å². The van der Waals surface area contributed by atoms with Crippen LogP contribution in [-0.2, 0) is 7.05 Å². The molecule has 0 bridgehead atoms. The van der Waals surface area contributed by atoms with Gasteiger partial charge in [0.05, 0.1) is 16.4 Å². The first-order valence-electron chi connectivity index (χ1n) is 8.38. The van der Waals surface area contributed by atoms with Crippen molar-refractivity contribution in [3.63, 3.8) is 0 Å². The maximum absolute atomic E-state index is 6.11. The van der Waals surface area contributed by atoms with Crippen LogP contribution in [0.4, 0.5) is 0 Å². The summed E-state index contributed by atoms with van der Waals surface area (Å²) in [5.74, 6) is 0.923. The maximum Gasteiger partial charge on any atom is 0.128 e. The lowest BCUT2D eigenvalue weighted by Crippen LogP contribution is -2.29. The molecule has 2 heterocycles. The van der Waals surface area contributed by atoms with Gasteiger partial charge in [0.1, 0.15) is 12.4 Å². The predicted octanol–water partition coefficient (Wildman–Crippen LogP) is 4.10. The van der Waals surface area contributed by atoms with Crippen LogP contribution in [-0.4, -0.2) is 40.9 Å². The smallest absolute Gasteiger partial charge is 0.128 e. The van der Waals surface area contributed by atoms with E-state index in [1.807, 2.05) is 36.1 Å². The molecule has 5 heteroatoms. The molecular formula is C18H24BrN3O. The largest absolute Gasteiger partial charge is 0.492 e. The number of aryl methyl sites for hydroxylation is 1. The molecule has 0 saturated carbocycles. The summed E-state index contributed by atoms with van der Waals surface area (Å²) in [5.41, 5.74) is 2.13. The second-order valence-corrected chi connectivity index (χ2v) is 6.92. The van der Waals surface area contributed by atoms with E-state index in [9.17, 15) is 0 Å². The second kappa shape index (κ2) is 7.97. The minimum atomic E-state index is 0.729. The van der Waals surface area contributed by atoms with Gasteiger partial charge in [0.15, 0.2) is 0 Å². The van der Waals surface area contributed by atoms with E-state index >= 15 is 0 Å². The molecule has 23 heavy (non-hydrogen) atoms. The highest BCUT2D eigenvalue weighted by molar-refractivity contribution is 9.10. The fourth-order valence-electron chi connectivity index (χ4n) is 3.15. The minimum Gasteiger partial charge on any atom is -0.492 e. The molecule has 0 unspecified atom stereocenters. The third-order valence-electron chi connectivity index (χ3n) is 4.40. The van der Waals surface area contributed by atoms with Gasteiger partial charge in [-0.3, -0.25) is 9.58 Å². The lowest BCUT2D eigenvalue weighted by atomic mass is 10.1. The summed E-state index contributed by atoms with van der Waals surface area (Å²) in [6, 6.07) is 8.19. The maximum atomic E-state index is 6.11. The average Bonchev–Trinajstić information content (AvgIpc) is 2.77. The summed E-state index contributed by atoms with van der Waals surface area (Å²) < 4.78 is 8.98. The first-order valence-corrected chi connectivity index (χ1v) is 9.17. The zero-order chi connectivity index (χ0) is 16.1. The van der Waals surface area contributed by atoms with E-state index in [1.165, 1.54) is 38.8 Å². The van der Waals surface area contributed by atoms with Crippen molar-refractivity contribution < 1.29 is 4.74 Å². The average molecular weight is 378 g/mol. The topological polar surface area (TPSA) is 30.3 Å². The van der Waals surface area contributed by atoms with Crippen LogP contribution in [0.3, 0.4) is 0 Å². The number of benzene rings is 1. The van der Waals surface area contributed by atoms with Gasteiger partial charge in [0, 0.05) is 19.2 Å². The zero-order valence-electron chi connectivity index (χ0n) is 13.7. The Kier molecular flexibility index (Phi) is 5.73. The predicted molar refractivity (Wildman–Crippen MR) is 96.7 cm³/mol. The van der Waals surface area contributed by atoms with Gasteiger partial charge >= 0.3 is 0 Å². The summed E-state index contributed by atoms with van der Waals surface area (Å²) in [4.78, 5) is 2.52. The van der Waals surface area contributed by atoms with Gasteiger partial charge in [0.25, 0.3) is 0 Å². The second-order valence-electron chi connectivity index (χ2n) is 6.07. The standard InChI is InChI=1S/C18H24BrN3O/c1-21-18(16(19)14-20-21)15-8-4-5-9-17(15)23-13-12-22-10-6-2-3-7-11-22/h4-5,8-9,14H,2-3,6-7,10-13H2,1H3. The number of halogens is 1. The van der Waals surface area contributed by atoms with Gasteiger partial charge in [-0.15, -0.1) is 0 Å². The molecule has 0 N–H and O–H groups in total. The first kappa shape index (κ1) is 16.5. The lowest BCUT2D eigenvalue weighted by molar-refractivity contribution is 0.214. The van der Waals surface area contributed by atoms with Crippen LogP contribution in [0.25, 0.3) is 11.3 Å². The Balaban J connectivity index is 1.66. The Morgan fingerprint density at radius 1 is 1.13 bits per heavy atom. The molecule has 1 aromatic heterocycles. The van der Waals surface area contributed by atoms with Crippen molar-refractivity contribution in [1.29, 1.82) is 0 Å². The Morgan fingerprint density at radius 2 is 1.87 bits per heavy atom. The van der Waals surface area contributed by atoms with E-state index in [-0.39, 0.29) is 0 Å². The molecule has 1 aliphatic rings. The molecule has 1 aliphatic heterocycles. The third-order valence-corrected chi connectivity index (χ3v) is 4.98. The lowest BCUT2D eigenvalue weighted by Gasteiger charge is -2.20. The van der Waals surface area contributed by atoms with Crippen LogP contribution in [0, 0.1) is 0 Å². The van der Waals surface area contributed by atoms with Crippen LogP contribution in [0.15, 0.2) is 34.9 Å². The molecule has 3 rings (SSSR count). The van der Waals surface area contributed by atoms with E-state index < -0.39 is 0 Å². The van der Waals surface area contributed by atoms with E-state index in [0.717, 1.165) is 34.6 Å². The summed E-state index contributed by atoms with van der Waals surface area (Å²) in [6.45, 7) is 4.14. The van der Waals surface area contributed by atoms with E-state index in [2.05, 4.69) is 32.0 Å². The molecule has 0 atom stereocenters. The molecule has 124 valence electrons. The summed E-state index contributed by atoms with van der Waals surface area (Å²) in [5, 5.41) is 4.30. The van der Waals surface area contributed by atoms with E-state index in [0.29, 0.717) is 0 Å². The molecule has 0 spiro atoms. The summed E-state index contributed by atoms with van der Waals surface area (Å²) in [7, 11) is 1.95. The Hall–Kier alpha value is -1.33. The Labute approximate surface area is 146 Å². The van der Waals surface area contributed by atoms with Crippen molar-refractivity contribution in [2.45, 2.75) is 25.7 Å². The van der Waals surface area contributed by atoms with Crippen molar-refractivity contribution >= 4 is 15.9 Å². The fourth-order valence-corrected chi connectivity index (χ4v) is 3.71. The van der Waals surface area contributed by atoms with Crippen molar-refractivity contribution in [2.75, 3.05) is 26.2 Å². The number of ether oxygens (including phenoxy) is 1. The van der Waals surface area contributed by atoms with Gasteiger partial charge in [-0.1, -0.05) is 25.0 Å². The van der Waals surface area contributed by atoms with Crippen molar-refractivity contribution in [1.82, 2.24) is 14.7 Å². The Bertz CT molecular complexity index is 613. The SMILES string of the molecule is Cn1ncc(Br)c1-c1ccccc1OCCN1CCCCCC1. The monoisotopic (exact) mass is 377 g/mol. The molecule has 0 radical (unpaired) electrons. The van der Waals surface area contributed by atoms with Crippen molar-refractivity contribution in [2.24, 2.45) is 7.05 Å². The number of rotatable bonds is 5. The number of hydrogen-bond donors (Lipinski definition) is 0. The highest BCUT2D eigenvalue weighted by Gasteiger charge is 2.14. The third kappa shape index (κ3) is 4.15. The molecular weight excluding hydrogens is 354 g/mol. The molecule has 1 aromatic carbocycles. The number of para-hydroxylation sites is 1.